The van der Waals surface area contributed by atoms with Gasteiger partial charge in [-0.05, 0) is 37.1 Å². The fourth-order valence-corrected chi connectivity index (χ4v) is 4.53. The summed E-state index contributed by atoms with van der Waals surface area (Å²) in [4.78, 5) is 20.7. The van der Waals surface area contributed by atoms with E-state index in [1.807, 2.05) is 22.3 Å². The maximum absolute atomic E-state index is 11.3. The van der Waals surface area contributed by atoms with E-state index in [1.54, 1.807) is 31.6 Å². The standard InChI is InChI=1S/C20H27N7O2S/c1-13(28)22-14-3-5-15(6-4-14)23-19-18-17(7-10-30-18)25-20(26-19)24-16-11-21-27(12-16)8-9-29-2/h7,10-12,14-15H,3-6,8-9H2,1-2H3,(H,22,28)(H2,23,24,25,26)/t14-,15+. The van der Waals surface area contributed by atoms with Crippen LogP contribution >= 0.6 is 11.3 Å². The molecule has 3 heterocycles. The van der Waals surface area contributed by atoms with Crippen LogP contribution in [0.1, 0.15) is 32.6 Å². The van der Waals surface area contributed by atoms with Gasteiger partial charge in [-0.15, -0.1) is 11.3 Å². The number of rotatable bonds is 8. The van der Waals surface area contributed by atoms with Crippen LogP contribution in [0.15, 0.2) is 23.8 Å². The predicted molar refractivity (Wildman–Crippen MR) is 118 cm³/mol. The second-order valence-electron chi connectivity index (χ2n) is 7.53. The minimum atomic E-state index is 0.0452. The first-order chi connectivity index (χ1) is 14.6. The zero-order chi connectivity index (χ0) is 20.9. The summed E-state index contributed by atoms with van der Waals surface area (Å²) in [6.07, 6.45) is 7.61. The van der Waals surface area contributed by atoms with Crippen LogP contribution in [-0.4, -0.2) is 51.5 Å². The Morgan fingerprint density at radius 2 is 2.07 bits per heavy atom. The van der Waals surface area contributed by atoms with E-state index in [2.05, 4.69) is 26.0 Å². The fourth-order valence-electron chi connectivity index (χ4n) is 3.74. The molecule has 1 saturated carbocycles. The first kappa shape index (κ1) is 20.5. The molecular formula is C20H27N7O2S. The maximum atomic E-state index is 11.3. The molecular weight excluding hydrogens is 402 g/mol. The summed E-state index contributed by atoms with van der Waals surface area (Å²) in [5, 5.41) is 16.3. The zero-order valence-corrected chi connectivity index (χ0v) is 18.0. The number of aromatic nitrogens is 4. The molecule has 0 bridgehead atoms. The van der Waals surface area contributed by atoms with E-state index in [1.165, 1.54) is 0 Å². The van der Waals surface area contributed by atoms with Gasteiger partial charge in [0.05, 0.1) is 35.3 Å². The minimum Gasteiger partial charge on any atom is -0.383 e. The fraction of sp³-hybridized carbons (Fsp3) is 0.500. The van der Waals surface area contributed by atoms with Crippen molar-refractivity contribution in [3.8, 4) is 0 Å². The third kappa shape index (κ3) is 5.06. The largest absolute Gasteiger partial charge is 0.383 e. The van der Waals surface area contributed by atoms with Crippen LogP contribution in [0.4, 0.5) is 17.5 Å². The summed E-state index contributed by atoms with van der Waals surface area (Å²) in [5.41, 5.74) is 1.75. The molecule has 4 rings (SSSR count). The van der Waals surface area contributed by atoms with Crippen LogP contribution in [0.2, 0.25) is 0 Å². The molecule has 0 saturated heterocycles. The number of nitrogens with zero attached hydrogens (tertiary/aromatic N) is 4. The predicted octanol–water partition coefficient (Wildman–Crippen LogP) is 3.14. The molecule has 0 unspecified atom stereocenters. The molecule has 30 heavy (non-hydrogen) atoms. The van der Waals surface area contributed by atoms with Gasteiger partial charge in [0.15, 0.2) is 0 Å². The first-order valence-electron chi connectivity index (χ1n) is 10.2. The van der Waals surface area contributed by atoms with Crippen LogP contribution in [0.3, 0.4) is 0 Å². The van der Waals surface area contributed by atoms with Crippen molar-refractivity contribution >= 4 is 44.9 Å². The van der Waals surface area contributed by atoms with Crippen molar-refractivity contribution in [1.82, 2.24) is 25.1 Å². The van der Waals surface area contributed by atoms with E-state index in [0.29, 0.717) is 25.1 Å². The van der Waals surface area contributed by atoms with E-state index in [9.17, 15) is 4.79 Å². The molecule has 10 heteroatoms. The summed E-state index contributed by atoms with van der Waals surface area (Å²) in [7, 11) is 1.67. The third-order valence-electron chi connectivity index (χ3n) is 5.19. The molecule has 3 aromatic rings. The number of nitrogens with one attached hydrogen (secondary N) is 3. The Morgan fingerprint density at radius 3 is 2.83 bits per heavy atom. The van der Waals surface area contributed by atoms with Crippen molar-refractivity contribution in [2.75, 3.05) is 24.4 Å². The normalized spacial score (nSPS) is 19.0. The van der Waals surface area contributed by atoms with Crippen molar-refractivity contribution < 1.29 is 9.53 Å². The molecule has 1 aliphatic rings. The molecule has 1 fully saturated rings. The van der Waals surface area contributed by atoms with E-state index in [4.69, 9.17) is 9.72 Å². The highest BCUT2D eigenvalue weighted by Gasteiger charge is 2.23. The van der Waals surface area contributed by atoms with Gasteiger partial charge in [-0.25, -0.2) is 4.98 Å². The molecule has 3 aromatic heterocycles. The number of hydrogen-bond acceptors (Lipinski definition) is 8. The monoisotopic (exact) mass is 429 g/mol. The van der Waals surface area contributed by atoms with E-state index in [-0.39, 0.29) is 11.9 Å². The van der Waals surface area contributed by atoms with Crippen molar-refractivity contribution in [3.63, 3.8) is 0 Å². The Labute approximate surface area is 179 Å². The van der Waals surface area contributed by atoms with Gasteiger partial charge in [-0.1, -0.05) is 0 Å². The van der Waals surface area contributed by atoms with Crippen LogP contribution in [0, 0.1) is 0 Å². The van der Waals surface area contributed by atoms with Crippen molar-refractivity contribution in [2.24, 2.45) is 0 Å². The molecule has 0 aliphatic heterocycles. The molecule has 9 nitrogen and oxygen atoms in total. The Kier molecular flexibility index (Phi) is 6.44. The molecule has 0 spiro atoms. The number of methoxy groups -OCH3 is 1. The topological polar surface area (TPSA) is 106 Å². The number of fused-ring (bicyclic) bond motifs is 1. The Bertz CT molecular complexity index is 994. The van der Waals surface area contributed by atoms with Crippen molar-refractivity contribution in [2.45, 2.75) is 51.2 Å². The lowest BCUT2D eigenvalue weighted by molar-refractivity contribution is -0.119. The molecule has 1 aliphatic carbocycles. The number of thiophene rings is 1. The number of anilines is 3. The number of ether oxygens (including phenoxy) is 1. The van der Waals surface area contributed by atoms with Gasteiger partial charge in [0.2, 0.25) is 11.9 Å². The van der Waals surface area contributed by atoms with Gasteiger partial charge in [0.1, 0.15) is 5.82 Å². The summed E-state index contributed by atoms with van der Waals surface area (Å²) in [6.45, 7) is 2.88. The van der Waals surface area contributed by atoms with Gasteiger partial charge in [0, 0.05) is 32.3 Å². The first-order valence-corrected chi connectivity index (χ1v) is 11.1. The number of hydrogen-bond donors (Lipinski definition) is 3. The van der Waals surface area contributed by atoms with Crippen LogP contribution in [0.25, 0.3) is 10.2 Å². The highest BCUT2D eigenvalue weighted by molar-refractivity contribution is 7.17. The Morgan fingerprint density at radius 1 is 1.27 bits per heavy atom. The minimum absolute atomic E-state index is 0.0452. The molecule has 0 aromatic carbocycles. The second kappa shape index (κ2) is 9.40. The zero-order valence-electron chi connectivity index (χ0n) is 17.2. The van der Waals surface area contributed by atoms with E-state index in [0.717, 1.165) is 47.4 Å². The highest BCUT2D eigenvalue weighted by Crippen LogP contribution is 2.30. The lowest BCUT2D eigenvalue weighted by Gasteiger charge is -2.29. The van der Waals surface area contributed by atoms with Gasteiger partial charge in [0.25, 0.3) is 0 Å². The third-order valence-corrected chi connectivity index (χ3v) is 6.10. The highest BCUT2D eigenvalue weighted by atomic mass is 32.1. The van der Waals surface area contributed by atoms with Gasteiger partial charge < -0.3 is 20.7 Å². The summed E-state index contributed by atoms with van der Waals surface area (Å²) >= 11 is 1.64. The lowest BCUT2D eigenvalue weighted by Crippen LogP contribution is -2.39. The Balaban J connectivity index is 1.45. The number of carbonyl (C=O) groups excluding carboxylic acids is 1. The van der Waals surface area contributed by atoms with E-state index >= 15 is 0 Å². The summed E-state index contributed by atoms with van der Waals surface area (Å²) in [5.74, 6) is 1.44. The van der Waals surface area contributed by atoms with Crippen molar-refractivity contribution in [1.29, 1.82) is 0 Å². The average Bonchev–Trinajstić information content (AvgIpc) is 3.37. The van der Waals surface area contributed by atoms with Crippen LogP contribution < -0.4 is 16.0 Å². The summed E-state index contributed by atoms with van der Waals surface area (Å²) in [6, 6.07) is 2.62. The van der Waals surface area contributed by atoms with Crippen LogP contribution in [0.5, 0.6) is 0 Å². The van der Waals surface area contributed by atoms with Gasteiger partial charge in [-0.3, -0.25) is 9.48 Å². The quantitative estimate of drug-likeness (QED) is 0.505. The average molecular weight is 430 g/mol. The van der Waals surface area contributed by atoms with Gasteiger partial charge >= 0.3 is 0 Å². The summed E-state index contributed by atoms with van der Waals surface area (Å²) < 4.78 is 7.97. The SMILES string of the molecule is COCCn1cc(Nc2nc(N[C@H]3CC[C@@H](NC(C)=O)CC3)c3sccc3n2)cn1. The lowest BCUT2D eigenvalue weighted by atomic mass is 9.91. The maximum Gasteiger partial charge on any atom is 0.229 e. The van der Waals surface area contributed by atoms with E-state index < -0.39 is 0 Å². The van der Waals surface area contributed by atoms with Crippen LogP contribution in [-0.2, 0) is 16.1 Å². The van der Waals surface area contributed by atoms with Crippen molar-refractivity contribution in [3.05, 3.63) is 23.8 Å². The molecule has 3 N–H and O–H groups in total. The second-order valence-corrected chi connectivity index (χ2v) is 8.45. The molecule has 1 amide bonds. The van der Waals surface area contributed by atoms with Gasteiger partial charge in [-0.2, -0.15) is 10.1 Å². The molecule has 0 atom stereocenters. The molecule has 0 radical (unpaired) electrons. The smallest absolute Gasteiger partial charge is 0.229 e. The number of carbonyl (C=O) groups is 1. The Hall–Kier alpha value is -2.72. The molecule has 160 valence electrons. The number of amides is 1.